The highest BCUT2D eigenvalue weighted by atomic mass is 16.1. The summed E-state index contributed by atoms with van der Waals surface area (Å²) in [6, 6.07) is 4.38. The number of nitrogens with one attached hydrogen (secondary N) is 1. The number of hydrogen-bond acceptors (Lipinski definition) is 4. The molecule has 1 amide bonds. The molecule has 0 bridgehead atoms. The minimum atomic E-state index is 0.214. The second kappa shape index (κ2) is 10.0. The van der Waals surface area contributed by atoms with Gasteiger partial charge in [-0.05, 0) is 76.0 Å². The van der Waals surface area contributed by atoms with Crippen molar-refractivity contribution >= 4 is 5.91 Å². The topological polar surface area (TPSA) is 48.5 Å². The molecule has 1 aromatic heterocycles. The lowest BCUT2D eigenvalue weighted by molar-refractivity contribution is -0.122. The van der Waals surface area contributed by atoms with Gasteiger partial charge in [-0.15, -0.1) is 0 Å². The lowest BCUT2D eigenvalue weighted by Gasteiger charge is -2.35. The fraction of sp³-hybridized carbons (Fsp3) is 0.714. The molecular formula is C21H34N4O. The first-order valence-electron chi connectivity index (χ1n) is 10.4. The van der Waals surface area contributed by atoms with Crippen LogP contribution in [0.5, 0.6) is 0 Å². The number of rotatable bonds is 7. The smallest absolute Gasteiger partial charge is 0.220 e. The highest BCUT2D eigenvalue weighted by molar-refractivity contribution is 5.76. The van der Waals surface area contributed by atoms with Crippen LogP contribution in [0.3, 0.4) is 0 Å². The fourth-order valence-electron chi connectivity index (χ4n) is 4.31. The van der Waals surface area contributed by atoms with E-state index >= 15 is 0 Å². The van der Waals surface area contributed by atoms with Crippen LogP contribution >= 0.6 is 0 Å². The fourth-order valence-corrected chi connectivity index (χ4v) is 4.31. The molecule has 0 unspecified atom stereocenters. The van der Waals surface area contributed by atoms with Crippen LogP contribution in [-0.4, -0.2) is 60.0 Å². The molecule has 5 nitrogen and oxygen atoms in total. The average molecular weight is 359 g/mol. The van der Waals surface area contributed by atoms with Crippen molar-refractivity contribution in [3.63, 3.8) is 0 Å². The molecule has 0 saturated carbocycles. The Kier molecular flexibility index (Phi) is 7.44. The van der Waals surface area contributed by atoms with Crippen molar-refractivity contribution < 1.29 is 4.79 Å². The summed E-state index contributed by atoms with van der Waals surface area (Å²) >= 11 is 0. The number of likely N-dealkylation sites (tertiary alicyclic amines) is 2. The van der Waals surface area contributed by atoms with Crippen LogP contribution in [0.1, 0.15) is 57.1 Å². The summed E-state index contributed by atoms with van der Waals surface area (Å²) in [5, 5.41) is 3.23. The van der Waals surface area contributed by atoms with Gasteiger partial charge in [0, 0.05) is 25.4 Å². The molecule has 2 saturated heterocycles. The van der Waals surface area contributed by atoms with Crippen molar-refractivity contribution in [1.82, 2.24) is 20.1 Å². The highest BCUT2D eigenvalue weighted by Crippen LogP contribution is 2.24. The Labute approximate surface area is 158 Å². The Morgan fingerprint density at radius 2 is 2.00 bits per heavy atom. The third-order valence-electron chi connectivity index (χ3n) is 6.02. The molecule has 0 radical (unpaired) electrons. The molecule has 144 valence electrons. The molecule has 0 aromatic carbocycles. The zero-order chi connectivity index (χ0) is 18.2. The van der Waals surface area contributed by atoms with Crippen LogP contribution in [0.2, 0.25) is 0 Å². The molecule has 26 heavy (non-hydrogen) atoms. The number of amides is 1. The van der Waals surface area contributed by atoms with E-state index in [1.165, 1.54) is 24.8 Å². The first-order valence-corrected chi connectivity index (χ1v) is 10.4. The highest BCUT2D eigenvalue weighted by Gasteiger charge is 2.24. The van der Waals surface area contributed by atoms with Gasteiger partial charge in [-0.3, -0.25) is 14.7 Å². The maximum atomic E-state index is 12.5. The van der Waals surface area contributed by atoms with E-state index in [9.17, 15) is 4.79 Å². The number of piperidine rings is 2. The minimum absolute atomic E-state index is 0.214. The molecule has 2 aliphatic heterocycles. The summed E-state index contributed by atoms with van der Waals surface area (Å²) in [5.41, 5.74) is 1.21. The number of hydrogen-bond donors (Lipinski definition) is 1. The zero-order valence-electron chi connectivity index (χ0n) is 16.2. The van der Waals surface area contributed by atoms with E-state index in [4.69, 9.17) is 0 Å². The molecule has 2 aliphatic rings. The van der Waals surface area contributed by atoms with Crippen molar-refractivity contribution in [2.75, 3.05) is 39.3 Å². The first kappa shape index (κ1) is 19.3. The van der Waals surface area contributed by atoms with Crippen LogP contribution in [0.15, 0.2) is 24.5 Å². The Hall–Kier alpha value is -1.46. The quantitative estimate of drug-likeness (QED) is 0.814. The van der Waals surface area contributed by atoms with Crippen molar-refractivity contribution in [3.05, 3.63) is 30.1 Å². The summed E-state index contributed by atoms with van der Waals surface area (Å²) in [7, 11) is 0. The Bertz CT molecular complexity index is 536. The van der Waals surface area contributed by atoms with Gasteiger partial charge in [0.25, 0.3) is 0 Å². The van der Waals surface area contributed by atoms with E-state index < -0.39 is 0 Å². The lowest BCUT2D eigenvalue weighted by atomic mass is 9.93. The summed E-state index contributed by atoms with van der Waals surface area (Å²) in [4.78, 5) is 21.8. The van der Waals surface area contributed by atoms with Crippen LogP contribution in [-0.2, 0) is 4.79 Å². The third kappa shape index (κ3) is 5.52. The van der Waals surface area contributed by atoms with Gasteiger partial charge in [0.1, 0.15) is 0 Å². The molecule has 3 heterocycles. The largest absolute Gasteiger partial charge is 0.354 e. The van der Waals surface area contributed by atoms with E-state index in [2.05, 4.69) is 33.1 Å². The molecular weight excluding hydrogens is 324 g/mol. The molecule has 1 N–H and O–H groups in total. The van der Waals surface area contributed by atoms with Crippen molar-refractivity contribution in [2.24, 2.45) is 5.92 Å². The van der Waals surface area contributed by atoms with Gasteiger partial charge in [-0.25, -0.2) is 0 Å². The number of nitrogens with zero attached hydrogens (tertiary/aromatic N) is 3. The summed E-state index contributed by atoms with van der Waals surface area (Å²) in [6.45, 7) is 8.54. The number of pyridine rings is 1. The monoisotopic (exact) mass is 358 g/mol. The average Bonchev–Trinajstić information content (AvgIpc) is 2.70. The zero-order valence-corrected chi connectivity index (χ0v) is 16.2. The van der Waals surface area contributed by atoms with Crippen LogP contribution in [0, 0.1) is 5.92 Å². The van der Waals surface area contributed by atoms with Crippen LogP contribution < -0.4 is 5.32 Å². The maximum absolute atomic E-state index is 12.5. The van der Waals surface area contributed by atoms with Crippen LogP contribution in [0.25, 0.3) is 0 Å². The van der Waals surface area contributed by atoms with E-state index in [-0.39, 0.29) is 11.9 Å². The third-order valence-corrected chi connectivity index (χ3v) is 6.02. The standard InChI is InChI=1S/C21H34N4O/c1-2-24-13-8-18(9-14-24)15-21(26)23-17-20(19-7-6-10-22-16-19)25-11-4-3-5-12-25/h6-7,10,16,18,20H,2-5,8-9,11-15,17H2,1H3,(H,23,26)/t20-/m1/s1. The molecule has 1 atom stereocenters. The predicted molar refractivity (Wildman–Crippen MR) is 105 cm³/mol. The van der Waals surface area contributed by atoms with Crippen molar-refractivity contribution in [1.29, 1.82) is 0 Å². The Balaban J connectivity index is 1.51. The SMILES string of the molecule is CCN1CCC(CC(=O)NC[C@H](c2cccnc2)N2CCCCC2)CC1. The van der Waals surface area contributed by atoms with Gasteiger partial charge < -0.3 is 10.2 Å². The second-order valence-corrected chi connectivity index (χ2v) is 7.78. The lowest BCUT2D eigenvalue weighted by Crippen LogP contribution is -2.41. The van der Waals surface area contributed by atoms with Gasteiger partial charge in [0.05, 0.1) is 6.04 Å². The van der Waals surface area contributed by atoms with Gasteiger partial charge in [0.15, 0.2) is 0 Å². The molecule has 0 aliphatic carbocycles. The minimum Gasteiger partial charge on any atom is -0.354 e. The van der Waals surface area contributed by atoms with Crippen molar-refractivity contribution in [3.8, 4) is 0 Å². The first-order chi connectivity index (χ1) is 12.8. The summed E-state index contributed by atoms with van der Waals surface area (Å²) in [5.74, 6) is 0.760. The molecule has 1 aromatic rings. The van der Waals surface area contributed by atoms with Gasteiger partial charge in [-0.2, -0.15) is 0 Å². The predicted octanol–water partition coefficient (Wildman–Crippen LogP) is 2.85. The van der Waals surface area contributed by atoms with Crippen molar-refractivity contribution in [2.45, 2.75) is 51.5 Å². The van der Waals surface area contributed by atoms with Crippen LogP contribution in [0.4, 0.5) is 0 Å². The molecule has 2 fully saturated rings. The summed E-state index contributed by atoms with van der Waals surface area (Å²) in [6.07, 6.45) is 10.6. The van der Waals surface area contributed by atoms with E-state index in [1.54, 1.807) is 0 Å². The maximum Gasteiger partial charge on any atom is 0.220 e. The number of carbonyl (C=O) groups is 1. The van der Waals surface area contributed by atoms with Gasteiger partial charge in [0.2, 0.25) is 5.91 Å². The van der Waals surface area contributed by atoms with E-state index in [1.807, 2.05) is 18.5 Å². The molecule has 3 rings (SSSR count). The molecule has 5 heteroatoms. The van der Waals surface area contributed by atoms with Gasteiger partial charge >= 0.3 is 0 Å². The van der Waals surface area contributed by atoms with E-state index in [0.29, 0.717) is 18.9 Å². The van der Waals surface area contributed by atoms with Gasteiger partial charge in [-0.1, -0.05) is 19.4 Å². The normalized spacial score (nSPS) is 21.4. The Morgan fingerprint density at radius 1 is 1.23 bits per heavy atom. The number of carbonyl (C=O) groups excluding carboxylic acids is 1. The van der Waals surface area contributed by atoms with E-state index in [0.717, 1.165) is 45.6 Å². The Morgan fingerprint density at radius 3 is 2.65 bits per heavy atom. The summed E-state index contributed by atoms with van der Waals surface area (Å²) < 4.78 is 0. The number of aromatic nitrogens is 1. The second-order valence-electron chi connectivity index (χ2n) is 7.78. The molecule has 0 spiro atoms.